The van der Waals surface area contributed by atoms with Crippen LogP contribution in [0, 0.1) is 0 Å². The van der Waals surface area contributed by atoms with Gasteiger partial charge in [-0.1, -0.05) is 42.5 Å². The summed E-state index contributed by atoms with van der Waals surface area (Å²) >= 11 is 0. The number of amides is 1. The quantitative estimate of drug-likeness (QED) is 0.510. The number of aryl methyl sites for hydroxylation is 1. The number of hydrogen-bond donors (Lipinski definition) is 3. The fourth-order valence-electron chi connectivity index (χ4n) is 2.85. The molecule has 29 heavy (non-hydrogen) atoms. The first kappa shape index (κ1) is 22.7. The van der Waals surface area contributed by atoms with E-state index in [2.05, 4.69) is 46.6 Å². The standard InChI is InChI=1S/C23H32N2O4/c1-18(8-9-19-6-4-3-5-7-19)25-16-21(26)17-29-22-12-10-20(11-13-22)14-15-24-23(27)28-2/h3-7,10-13,18,21,25-26H,8-9,14-17H2,1-2H3,(H,24,27). The molecule has 2 aromatic rings. The maximum Gasteiger partial charge on any atom is 0.406 e. The van der Waals surface area contributed by atoms with Gasteiger partial charge in [-0.3, -0.25) is 0 Å². The third-order valence-electron chi connectivity index (χ3n) is 4.64. The summed E-state index contributed by atoms with van der Waals surface area (Å²) in [4.78, 5) is 11.0. The molecule has 0 aromatic heterocycles. The van der Waals surface area contributed by atoms with Gasteiger partial charge in [-0.2, -0.15) is 0 Å². The molecule has 0 aliphatic rings. The number of methoxy groups -OCH3 is 1. The molecule has 0 saturated carbocycles. The van der Waals surface area contributed by atoms with Crippen LogP contribution in [0.1, 0.15) is 24.5 Å². The summed E-state index contributed by atoms with van der Waals surface area (Å²) in [6.45, 7) is 3.37. The molecule has 158 valence electrons. The Hall–Kier alpha value is -2.57. The highest BCUT2D eigenvalue weighted by Crippen LogP contribution is 2.13. The van der Waals surface area contributed by atoms with E-state index in [1.54, 1.807) is 0 Å². The molecule has 3 N–H and O–H groups in total. The molecule has 2 rings (SSSR count). The first-order valence-electron chi connectivity index (χ1n) is 10.1. The van der Waals surface area contributed by atoms with Crippen LogP contribution in [0.15, 0.2) is 54.6 Å². The number of aliphatic hydroxyl groups is 1. The number of rotatable bonds is 12. The van der Waals surface area contributed by atoms with Gasteiger partial charge in [-0.15, -0.1) is 0 Å². The van der Waals surface area contributed by atoms with E-state index >= 15 is 0 Å². The minimum atomic E-state index is -0.571. The second-order valence-corrected chi connectivity index (χ2v) is 7.11. The Kier molecular flexibility index (Phi) is 10.0. The molecular formula is C23H32N2O4. The summed E-state index contributed by atoms with van der Waals surface area (Å²) in [5.41, 5.74) is 2.41. The fraction of sp³-hybridized carbons (Fsp3) is 0.435. The van der Waals surface area contributed by atoms with E-state index < -0.39 is 12.2 Å². The van der Waals surface area contributed by atoms with Crippen LogP contribution in [-0.2, 0) is 17.6 Å². The molecule has 6 nitrogen and oxygen atoms in total. The highest BCUT2D eigenvalue weighted by molar-refractivity contribution is 5.66. The fourth-order valence-corrected chi connectivity index (χ4v) is 2.85. The maximum atomic E-state index is 11.0. The van der Waals surface area contributed by atoms with Crippen molar-refractivity contribution < 1.29 is 19.4 Å². The number of benzene rings is 2. The average molecular weight is 401 g/mol. The van der Waals surface area contributed by atoms with Crippen LogP contribution >= 0.6 is 0 Å². The van der Waals surface area contributed by atoms with Crippen LogP contribution in [0.2, 0.25) is 0 Å². The van der Waals surface area contributed by atoms with Crippen molar-refractivity contribution in [1.29, 1.82) is 0 Å². The smallest absolute Gasteiger partial charge is 0.406 e. The number of carbonyl (C=O) groups is 1. The minimum absolute atomic E-state index is 0.238. The molecule has 0 aliphatic carbocycles. The lowest BCUT2D eigenvalue weighted by atomic mass is 10.1. The first-order valence-corrected chi connectivity index (χ1v) is 10.1. The zero-order chi connectivity index (χ0) is 20.9. The zero-order valence-electron chi connectivity index (χ0n) is 17.3. The van der Waals surface area contributed by atoms with E-state index in [1.165, 1.54) is 12.7 Å². The predicted molar refractivity (Wildman–Crippen MR) is 114 cm³/mol. The summed E-state index contributed by atoms with van der Waals surface area (Å²) in [5.74, 6) is 0.714. The van der Waals surface area contributed by atoms with Crippen molar-refractivity contribution in [3.63, 3.8) is 0 Å². The van der Waals surface area contributed by atoms with Gasteiger partial charge in [-0.25, -0.2) is 4.79 Å². The van der Waals surface area contributed by atoms with Gasteiger partial charge in [0, 0.05) is 19.1 Å². The zero-order valence-corrected chi connectivity index (χ0v) is 17.3. The van der Waals surface area contributed by atoms with Gasteiger partial charge in [0.05, 0.1) is 7.11 Å². The molecule has 0 fully saturated rings. The van der Waals surface area contributed by atoms with Crippen LogP contribution in [-0.4, -0.2) is 50.2 Å². The molecule has 1 amide bonds. The maximum absolute atomic E-state index is 11.0. The first-order chi connectivity index (χ1) is 14.1. The van der Waals surface area contributed by atoms with E-state index in [4.69, 9.17) is 4.74 Å². The number of aliphatic hydroxyl groups excluding tert-OH is 1. The van der Waals surface area contributed by atoms with Crippen molar-refractivity contribution in [1.82, 2.24) is 10.6 Å². The van der Waals surface area contributed by atoms with E-state index in [0.29, 0.717) is 31.3 Å². The van der Waals surface area contributed by atoms with Crippen molar-refractivity contribution >= 4 is 6.09 Å². The second kappa shape index (κ2) is 12.8. The van der Waals surface area contributed by atoms with Crippen molar-refractivity contribution in [2.45, 2.75) is 38.3 Å². The molecule has 2 aromatic carbocycles. The van der Waals surface area contributed by atoms with Gasteiger partial charge >= 0.3 is 6.09 Å². The monoisotopic (exact) mass is 400 g/mol. The van der Waals surface area contributed by atoms with Gasteiger partial charge in [-0.05, 0) is 49.4 Å². The summed E-state index contributed by atoms with van der Waals surface area (Å²) in [5, 5.41) is 16.2. The molecule has 0 saturated heterocycles. The molecule has 6 heteroatoms. The third kappa shape index (κ3) is 9.45. The van der Waals surface area contributed by atoms with Crippen LogP contribution < -0.4 is 15.4 Å². The van der Waals surface area contributed by atoms with Gasteiger partial charge in [0.1, 0.15) is 18.5 Å². The lowest BCUT2D eigenvalue weighted by Crippen LogP contribution is -2.36. The normalized spacial score (nSPS) is 12.8. The van der Waals surface area contributed by atoms with Gasteiger partial charge in [0.2, 0.25) is 0 Å². The molecule has 0 radical (unpaired) electrons. The van der Waals surface area contributed by atoms with Gasteiger partial charge in [0.25, 0.3) is 0 Å². The van der Waals surface area contributed by atoms with Crippen LogP contribution in [0.25, 0.3) is 0 Å². The Labute approximate surface area is 173 Å². The van der Waals surface area contributed by atoms with Crippen LogP contribution in [0.5, 0.6) is 5.75 Å². The van der Waals surface area contributed by atoms with Crippen molar-refractivity contribution in [2.24, 2.45) is 0 Å². The summed E-state index contributed by atoms with van der Waals surface area (Å²) in [6, 6.07) is 18.4. The number of alkyl carbamates (subject to hydrolysis) is 1. The highest BCUT2D eigenvalue weighted by Gasteiger charge is 2.09. The van der Waals surface area contributed by atoms with E-state index in [-0.39, 0.29) is 6.61 Å². The number of carbonyl (C=O) groups excluding carboxylic acids is 1. The molecule has 0 heterocycles. The predicted octanol–water partition coefficient (Wildman–Crippen LogP) is 2.94. The largest absolute Gasteiger partial charge is 0.491 e. The third-order valence-corrected chi connectivity index (χ3v) is 4.64. The average Bonchev–Trinajstić information content (AvgIpc) is 2.76. The lowest BCUT2D eigenvalue weighted by molar-refractivity contribution is 0.104. The Morgan fingerprint density at radius 3 is 2.41 bits per heavy atom. The molecule has 0 spiro atoms. The Morgan fingerprint density at radius 1 is 1.03 bits per heavy atom. The molecule has 2 atom stereocenters. The lowest BCUT2D eigenvalue weighted by Gasteiger charge is -2.18. The Bertz CT molecular complexity index is 707. The second-order valence-electron chi connectivity index (χ2n) is 7.11. The number of nitrogens with one attached hydrogen (secondary N) is 2. The summed E-state index contributed by atoms with van der Waals surface area (Å²) in [7, 11) is 1.34. The molecule has 0 bridgehead atoms. The summed E-state index contributed by atoms with van der Waals surface area (Å²) in [6.07, 6.45) is 1.75. The van der Waals surface area contributed by atoms with E-state index in [1.807, 2.05) is 30.3 Å². The topological polar surface area (TPSA) is 79.8 Å². The molecule has 0 aliphatic heterocycles. The Morgan fingerprint density at radius 2 is 1.72 bits per heavy atom. The highest BCUT2D eigenvalue weighted by atomic mass is 16.5. The van der Waals surface area contributed by atoms with E-state index in [9.17, 15) is 9.90 Å². The van der Waals surface area contributed by atoms with Crippen LogP contribution in [0.3, 0.4) is 0 Å². The SMILES string of the molecule is COC(=O)NCCc1ccc(OCC(O)CNC(C)CCc2ccccc2)cc1. The number of ether oxygens (including phenoxy) is 2. The summed E-state index contributed by atoms with van der Waals surface area (Å²) < 4.78 is 10.2. The van der Waals surface area contributed by atoms with Gasteiger partial charge < -0.3 is 25.2 Å². The number of hydrogen-bond acceptors (Lipinski definition) is 5. The minimum Gasteiger partial charge on any atom is -0.491 e. The van der Waals surface area contributed by atoms with Crippen LogP contribution in [0.4, 0.5) is 4.79 Å². The van der Waals surface area contributed by atoms with E-state index in [0.717, 1.165) is 18.4 Å². The van der Waals surface area contributed by atoms with Crippen molar-refractivity contribution in [3.8, 4) is 5.75 Å². The van der Waals surface area contributed by atoms with Gasteiger partial charge in [0.15, 0.2) is 0 Å². The Balaban J connectivity index is 1.60. The van der Waals surface area contributed by atoms with Crippen molar-refractivity contribution in [3.05, 3.63) is 65.7 Å². The van der Waals surface area contributed by atoms with Crippen molar-refractivity contribution in [2.75, 3.05) is 26.8 Å². The molecule has 2 unspecified atom stereocenters. The molecular weight excluding hydrogens is 368 g/mol.